The minimum absolute atomic E-state index is 0.599. The number of pyridine rings is 1. The summed E-state index contributed by atoms with van der Waals surface area (Å²) in [6, 6.07) is 4.76. The first-order valence-electron chi connectivity index (χ1n) is 7.45. The van der Waals surface area contributed by atoms with E-state index in [-0.39, 0.29) is 0 Å². The van der Waals surface area contributed by atoms with Gasteiger partial charge in [-0.25, -0.2) is 9.97 Å². The number of hydrogen-bond donors (Lipinski definition) is 1. The summed E-state index contributed by atoms with van der Waals surface area (Å²) >= 11 is 0. The molecule has 0 spiro atoms. The third-order valence-electron chi connectivity index (χ3n) is 4.13. The molecule has 0 amide bonds. The van der Waals surface area contributed by atoms with Gasteiger partial charge in [0.25, 0.3) is 0 Å². The quantitative estimate of drug-likeness (QED) is 0.927. The van der Waals surface area contributed by atoms with E-state index in [4.69, 9.17) is 0 Å². The summed E-state index contributed by atoms with van der Waals surface area (Å²) in [5, 5.41) is 3.61. The molecule has 1 fully saturated rings. The van der Waals surface area contributed by atoms with Crippen LogP contribution < -0.4 is 5.32 Å². The minimum Gasteiger partial charge on any atom is -0.381 e. The van der Waals surface area contributed by atoms with Crippen molar-refractivity contribution in [2.45, 2.75) is 45.6 Å². The Hall–Kier alpha value is -1.84. The molecule has 0 radical (unpaired) electrons. The highest BCUT2D eigenvalue weighted by Gasteiger charge is 2.18. The largest absolute Gasteiger partial charge is 0.381 e. The number of anilines is 1. The molecule has 2 atom stereocenters. The van der Waals surface area contributed by atoms with Crippen molar-refractivity contribution in [2.24, 2.45) is 5.92 Å². The van der Waals surface area contributed by atoms with Crippen molar-refractivity contribution in [2.75, 3.05) is 5.32 Å². The summed E-state index contributed by atoms with van der Waals surface area (Å²) in [5.41, 5.74) is 1.12. The van der Waals surface area contributed by atoms with Crippen LogP contribution >= 0.6 is 0 Å². The van der Waals surface area contributed by atoms with Gasteiger partial charge < -0.3 is 5.32 Å². The zero-order valence-corrected chi connectivity index (χ0v) is 12.2. The van der Waals surface area contributed by atoms with Crippen LogP contribution in [0.15, 0.2) is 30.7 Å². The Labute approximate surface area is 120 Å². The second-order valence-electron chi connectivity index (χ2n) is 5.86. The number of nitrogens with one attached hydrogen (secondary N) is 1. The number of nitrogens with zero attached hydrogens (tertiary/aromatic N) is 3. The molecule has 0 aliphatic heterocycles. The third-order valence-corrected chi connectivity index (χ3v) is 4.13. The van der Waals surface area contributed by atoms with Crippen molar-refractivity contribution in [3.05, 3.63) is 36.5 Å². The summed E-state index contributed by atoms with van der Waals surface area (Å²) in [5.74, 6) is 2.71. The topological polar surface area (TPSA) is 42.7 Å². The molecule has 106 valence electrons. The molecule has 1 N–H and O–H groups in total. The second kappa shape index (κ2) is 5.65. The van der Waals surface area contributed by atoms with Gasteiger partial charge in [0, 0.05) is 18.4 Å². The average Bonchev–Trinajstić information content (AvgIpc) is 2.86. The molecule has 2 aromatic heterocycles. The first-order chi connectivity index (χ1) is 9.72. The maximum Gasteiger partial charge on any atom is 0.138 e. The van der Waals surface area contributed by atoms with Crippen LogP contribution in [-0.2, 0) is 0 Å². The van der Waals surface area contributed by atoms with Gasteiger partial charge in [0.05, 0.1) is 11.9 Å². The van der Waals surface area contributed by atoms with E-state index < -0.39 is 0 Å². The molecular weight excluding hydrogens is 248 g/mol. The van der Waals surface area contributed by atoms with E-state index in [1.807, 2.05) is 30.0 Å². The van der Waals surface area contributed by atoms with Crippen LogP contribution in [0.25, 0.3) is 5.82 Å². The van der Waals surface area contributed by atoms with Crippen molar-refractivity contribution in [3.8, 4) is 5.82 Å². The number of aryl methyl sites for hydroxylation is 1. The molecule has 0 bridgehead atoms. The van der Waals surface area contributed by atoms with Gasteiger partial charge in [-0.2, -0.15) is 0 Å². The lowest BCUT2D eigenvalue weighted by molar-refractivity contribution is 0.358. The highest BCUT2D eigenvalue weighted by atomic mass is 15.1. The Balaban J connectivity index is 1.69. The maximum atomic E-state index is 4.53. The first kappa shape index (κ1) is 13.2. The van der Waals surface area contributed by atoms with Gasteiger partial charge >= 0.3 is 0 Å². The van der Waals surface area contributed by atoms with Crippen LogP contribution in [0.1, 0.15) is 38.4 Å². The van der Waals surface area contributed by atoms with Crippen molar-refractivity contribution >= 4 is 5.69 Å². The normalized spacial score (nSPS) is 22.7. The van der Waals surface area contributed by atoms with Crippen LogP contribution in [0, 0.1) is 12.8 Å². The molecule has 0 saturated heterocycles. The van der Waals surface area contributed by atoms with E-state index in [2.05, 4.69) is 28.3 Å². The highest BCUT2D eigenvalue weighted by molar-refractivity contribution is 5.44. The third kappa shape index (κ3) is 2.84. The molecule has 1 aliphatic carbocycles. The van der Waals surface area contributed by atoms with Crippen molar-refractivity contribution in [1.82, 2.24) is 14.5 Å². The summed E-state index contributed by atoms with van der Waals surface area (Å²) < 4.78 is 1.99. The molecule has 3 rings (SSSR count). The van der Waals surface area contributed by atoms with Gasteiger partial charge in [-0.3, -0.25) is 4.57 Å². The van der Waals surface area contributed by atoms with Crippen LogP contribution in [-0.4, -0.2) is 20.6 Å². The van der Waals surface area contributed by atoms with Crippen LogP contribution in [0.4, 0.5) is 5.69 Å². The average molecular weight is 270 g/mol. The molecule has 2 aromatic rings. The fourth-order valence-corrected chi connectivity index (χ4v) is 3.03. The zero-order valence-electron chi connectivity index (χ0n) is 12.2. The van der Waals surface area contributed by atoms with Crippen LogP contribution in [0.2, 0.25) is 0 Å². The molecule has 0 aromatic carbocycles. The fourth-order valence-electron chi connectivity index (χ4n) is 3.03. The highest BCUT2D eigenvalue weighted by Crippen LogP contribution is 2.26. The monoisotopic (exact) mass is 270 g/mol. The van der Waals surface area contributed by atoms with Gasteiger partial charge in [0.1, 0.15) is 11.6 Å². The molecule has 20 heavy (non-hydrogen) atoms. The van der Waals surface area contributed by atoms with Gasteiger partial charge in [-0.1, -0.05) is 19.8 Å². The van der Waals surface area contributed by atoms with E-state index in [0.29, 0.717) is 6.04 Å². The lowest BCUT2D eigenvalue weighted by Crippen LogP contribution is -2.26. The van der Waals surface area contributed by atoms with Gasteiger partial charge in [0.2, 0.25) is 0 Å². The van der Waals surface area contributed by atoms with E-state index in [1.54, 1.807) is 6.20 Å². The van der Waals surface area contributed by atoms with E-state index in [9.17, 15) is 0 Å². The Kier molecular flexibility index (Phi) is 3.72. The number of imidazole rings is 1. The first-order valence-corrected chi connectivity index (χ1v) is 7.45. The number of aromatic nitrogens is 3. The zero-order chi connectivity index (χ0) is 13.9. The van der Waals surface area contributed by atoms with E-state index in [0.717, 1.165) is 23.2 Å². The fraction of sp³-hybridized carbons (Fsp3) is 0.500. The molecule has 2 heterocycles. The number of rotatable bonds is 3. The van der Waals surface area contributed by atoms with Crippen molar-refractivity contribution in [1.29, 1.82) is 0 Å². The summed E-state index contributed by atoms with van der Waals surface area (Å²) in [7, 11) is 0. The molecule has 1 saturated carbocycles. The number of hydrogen-bond acceptors (Lipinski definition) is 3. The smallest absolute Gasteiger partial charge is 0.138 e. The van der Waals surface area contributed by atoms with Gasteiger partial charge in [0.15, 0.2) is 0 Å². The van der Waals surface area contributed by atoms with E-state index in [1.165, 1.54) is 25.7 Å². The predicted octanol–water partition coefficient (Wildman–Crippen LogP) is 3.57. The molecule has 1 aliphatic rings. The Morgan fingerprint density at radius 2 is 2.15 bits per heavy atom. The maximum absolute atomic E-state index is 4.53. The summed E-state index contributed by atoms with van der Waals surface area (Å²) in [4.78, 5) is 8.75. The minimum atomic E-state index is 0.599. The van der Waals surface area contributed by atoms with Crippen LogP contribution in [0.3, 0.4) is 0 Å². The lowest BCUT2D eigenvalue weighted by Gasteiger charge is -2.28. The summed E-state index contributed by atoms with van der Waals surface area (Å²) in [6.45, 7) is 4.33. The second-order valence-corrected chi connectivity index (χ2v) is 5.86. The molecule has 4 heteroatoms. The SMILES string of the molecule is Cc1nccn1-c1ccc(NC2CCCC(C)C2)cn1. The van der Waals surface area contributed by atoms with Crippen LogP contribution in [0.5, 0.6) is 0 Å². The molecular formula is C16H22N4. The molecule has 2 unspecified atom stereocenters. The molecule has 4 nitrogen and oxygen atoms in total. The van der Waals surface area contributed by atoms with Gasteiger partial charge in [-0.15, -0.1) is 0 Å². The Morgan fingerprint density at radius 1 is 1.25 bits per heavy atom. The van der Waals surface area contributed by atoms with Crippen molar-refractivity contribution < 1.29 is 0 Å². The van der Waals surface area contributed by atoms with E-state index >= 15 is 0 Å². The van der Waals surface area contributed by atoms with Crippen molar-refractivity contribution in [3.63, 3.8) is 0 Å². The predicted molar refractivity (Wildman–Crippen MR) is 81.1 cm³/mol. The Morgan fingerprint density at radius 3 is 2.80 bits per heavy atom. The Bertz CT molecular complexity index is 558. The lowest BCUT2D eigenvalue weighted by atomic mass is 9.87. The summed E-state index contributed by atoms with van der Waals surface area (Å²) in [6.07, 6.45) is 10.9. The van der Waals surface area contributed by atoms with Gasteiger partial charge in [-0.05, 0) is 37.8 Å². The standard InChI is InChI=1S/C16H22N4/c1-12-4-3-5-14(10-12)19-15-6-7-16(18-11-15)20-9-8-17-13(20)2/h6-9,11-12,14,19H,3-5,10H2,1-2H3.